The number of hydrogen-bond acceptors (Lipinski definition) is 2. The first-order chi connectivity index (χ1) is 10.8. The third-order valence-corrected chi connectivity index (χ3v) is 3.50. The van der Waals surface area contributed by atoms with Crippen molar-refractivity contribution in [2.75, 3.05) is 0 Å². The van der Waals surface area contributed by atoms with E-state index in [2.05, 4.69) is 5.10 Å². The fraction of sp³-hybridized carbons (Fsp3) is 0.0667. The number of hydrazone groups is 1. The maximum absolute atomic E-state index is 12.8. The average Bonchev–Trinajstić information content (AvgIpc) is 2.49. The van der Waals surface area contributed by atoms with Crippen molar-refractivity contribution in [2.45, 2.75) is 6.18 Å². The van der Waals surface area contributed by atoms with Crippen molar-refractivity contribution in [3.8, 4) is 0 Å². The van der Waals surface area contributed by atoms with Crippen LogP contribution >= 0.6 is 23.2 Å². The predicted octanol–water partition coefficient (Wildman–Crippen LogP) is 4.78. The first kappa shape index (κ1) is 17.3. The van der Waals surface area contributed by atoms with Crippen molar-refractivity contribution < 1.29 is 18.0 Å². The predicted molar refractivity (Wildman–Crippen MR) is 83.0 cm³/mol. The zero-order valence-corrected chi connectivity index (χ0v) is 12.9. The van der Waals surface area contributed by atoms with Crippen LogP contribution < -0.4 is 5.43 Å². The second-order valence-electron chi connectivity index (χ2n) is 4.38. The van der Waals surface area contributed by atoms with Crippen LogP contribution in [0.3, 0.4) is 0 Å². The van der Waals surface area contributed by atoms with Crippen LogP contribution in [0.5, 0.6) is 0 Å². The summed E-state index contributed by atoms with van der Waals surface area (Å²) in [6.45, 7) is 0. The molecule has 3 nitrogen and oxygen atoms in total. The van der Waals surface area contributed by atoms with Crippen LogP contribution in [-0.2, 0) is 6.18 Å². The lowest BCUT2D eigenvalue weighted by Gasteiger charge is -2.11. The second kappa shape index (κ2) is 7.02. The van der Waals surface area contributed by atoms with Gasteiger partial charge in [-0.1, -0.05) is 41.4 Å². The molecular weight excluding hydrogens is 352 g/mol. The third-order valence-electron chi connectivity index (χ3n) is 2.84. The molecule has 0 atom stereocenters. The maximum atomic E-state index is 12.8. The summed E-state index contributed by atoms with van der Waals surface area (Å²) in [6.07, 6.45) is -3.47. The molecule has 0 spiro atoms. The fourth-order valence-electron chi connectivity index (χ4n) is 1.78. The van der Waals surface area contributed by atoms with E-state index in [1.54, 1.807) is 18.2 Å². The van der Waals surface area contributed by atoms with Gasteiger partial charge in [-0.3, -0.25) is 4.79 Å². The summed E-state index contributed by atoms with van der Waals surface area (Å²) < 4.78 is 38.5. The number of rotatable bonds is 3. The normalized spacial score (nSPS) is 11.7. The molecule has 2 aromatic rings. The maximum Gasteiger partial charge on any atom is 0.417 e. The van der Waals surface area contributed by atoms with E-state index >= 15 is 0 Å². The van der Waals surface area contributed by atoms with E-state index in [9.17, 15) is 18.0 Å². The van der Waals surface area contributed by atoms with Gasteiger partial charge in [0.15, 0.2) is 0 Å². The molecule has 0 saturated carbocycles. The lowest BCUT2D eigenvalue weighted by Crippen LogP contribution is -2.22. The zero-order chi connectivity index (χ0) is 17.0. The molecule has 0 aliphatic heterocycles. The van der Waals surface area contributed by atoms with Gasteiger partial charge in [-0.2, -0.15) is 18.3 Å². The molecule has 0 fully saturated rings. The van der Waals surface area contributed by atoms with Gasteiger partial charge in [0, 0.05) is 5.56 Å². The summed E-state index contributed by atoms with van der Waals surface area (Å²) >= 11 is 11.8. The van der Waals surface area contributed by atoms with Crippen LogP contribution in [0.15, 0.2) is 47.6 Å². The molecule has 0 saturated heterocycles. The van der Waals surface area contributed by atoms with Gasteiger partial charge in [0.25, 0.3) is 5.91 Å². The van der Waals surface area contributed by atoms with Gasteiger partial charge in [0.2, 0.25) is 0 Å². The van der Waals surface area contributed by atoms with Crippen LogP contribution in [0.4, 0.5) is 13.2 Å². The summed E-state index contributed by atoms with van der Waals surface area (Å²) in [7, 11) is 0. The minimum Gasteiger partial charge on any atom is -0.267 e. The largest absolute Gasteiger partial charge is 0.417 e. The molecule has 0 aliphatic rings. The molecule has 2 aromatic carbocycles. The van der Waals surface area contributed by atoms with E-state index < -0.39 is 23.2 Å². The van der Waals surface area contributed by atoms with Gasteiger partial charge in [-0.15, -0.1) is 0 Å². The second-order valence-corrected chi connectivity index (χ2v) is 5.19. The van der Waals surface area contributed by atoms with Gasteiger partial charge in [-0.25, -0.2) is 5.43 Å². The van der Waals surface area contributed by atoms with Crippen LogP contribution in [-0.4, -0.2) is 12.1 Å². The molecule has 120 valence electrons. The van der Waals surface area contributed by atoms with Crippen molar-refractivity contribution in [3.63, 3.8) is 0 Å². The van der Waals surface area contributed by atoms with Gasteiger partial charge in [0.1, 0.15) is 0 Å². The summed E-state index contributed by atoms with van der Waals surface area (Å²) in [5.41, 5.74) is 0.811. The summed E-state index contributed by atoms with van der Waals surface area (Å²) in [4.78, 5) is 11.9. The molecule has 1 N–H and O–H groups in total. The Balaban J connectivity index is 2.20. The number of benzene rings is 2. The Morgan fingerprint density at radius 1 is 1.04 bits per heavy atom. The van der Waals surface area contributed by atoms with E-state index in [1.165, 1.54) is 18.3 Å². The van der Waals surface area contributed by atoms with E-state index in [4.69, 9.17) is 23.2 Å². The molecule has 23 heavy (non-hydrogen) atoms. The molecule has 0 bridgehead atoms. The van der Waals surface area contributed by atoms with Gasteiger partial charge < -0.3 is 0 Å². The number of hydrogen-bond donors (Lipinski definition) is 1. The third kappa shape index (κ3) is 4.24. The lowest BCUT2D eigenvalue weighted by molar-refractivity contribution is -0.137. The van der Waals surface area contributed by atoms with E-state index in [-0.39, 0.29) is 0 Å². The fourth-order valence-corrected chi connectivity index (χ4v) is 2.27. The van der Waals surface area contributed by atoms with Crippen LogP contribution in [0.25, 0.3) is 0 Å². The van der Waals surface area contributed by atoms with E-state index in [0.717, 1.165) is 12.1 Å². The Morgan fingerprint density at radius 2 is 1.65 bits per heavy atom. The highest BCUT2D eigenvalue weighted by molar-refractivity contribution is 6.38. The number of nitrogens with one attached hydrogen (secondary N) is 1. The van der Waals surface area contributed by atoms with Crippen molar-refractivity contribution in [2.24, 2.45) is 5.10 Å². The van der Waals surface area contributed by atoms with Gasteiger partial charge in [-0.05, 0) is 24.3 Å². The Morgan fingerprint density at radius 3 is 2.26 bits per heavy atom. The topological polar surface area (TPSA) is 41.5 Å². The molecule has 0 aliphatic carbocycles. The Hall–Kier alpha value is -2.05. The van der Waals surface area contributed by atoms with Gasteiger partial charge in [0.05, 0.1) is 27.4 Å². The quantitative estimate of drug-likeness (QED) is 0.621. The van der Waals surface area contributed by atoms with Crippen LogP contribution in [0.1, 0.15) is 21.5 Å². The molecular formula is C15H9Cl2F3N2O. The Labute approximate surface area is 139 Å². The molecule has 2 rings (SSSR count). The van der Waals surface area contributed by atoms with E-state index in [0.29, 0.717) is 15.6 Å². The average molecular weight is 361 g/mol. The molecule has 0 radical (unpaired) electrons. The van der Waals surface area contributed by atoms with Crippen molar-refractivity contribution in [1.29, 1.82) is 0 Å². The Bertz CT molecular complexity index is 740. The monoisotopic (exact) mass is 360 g/mol. The lowest BCUT2D eigenvalue weighted by atomic mass is 10.1. The van der Waals surface area contributed by atoms with Crippen LogP contribution in [0.2, 0.25) is 10.0 Å². The zero-order valence-electron chi connectivity index (χ0n) is 11.4. The van der Waals surface area contributed by atoms with Crippen molar-refractivity contribution >= 4 is 35.3 Å². The van der Waals surface area contributed by atoms with Crippen LogP contribution in [0, 0.1) is 0 Å². The summed E-state index contributed by atoms with van der Waals surface area (Å²) in [5, 5.41) is 4.20. The van der Waals surface area contributed by atoms with E-state index in [1.807, 2.05) is 5.43 Å². The molecule has 8 heteroatoms. The molecule has 0 unspecified atom stereocenters. The minimum atomic E-state index is -4.64. The highest BCUT2D eigenvalue weighted by Crippen LogP contribution is 2.31. The molecule has 0 aromatic heterocycles. The highest BCUT2D eigenvalue weighted by Gasteiger charge is 2.34. The minimum absolute atomic E-state index is 0.297. The number of nitrogens with zero attached hydrogens (tertiary/aromatic N) is 1. The first-order valence-electron chi connectivity index (χ1n) is 6.24. The molecule has 1 amide bonds. The van der Waals surface area contributed by atoms with Crippen molar-refractivity contribution in [3.05, 3.63) is 69.2 Å². The van der Waals surface area contributed by atoms with Gasteiger partial charge >= 0.3 is 6.18 Å². The number of carbonyl (C=O) groups is 1. The number of halogens is 5. The van der Waals surface area contributed by atoms with Crippen molar-refractivity contribution in [1.82, 2.24) is 5.43 Å². The Kier molecular flexibility index (Phi) is 5.28. The first-order valence-corrected chi connectivity index (χ1v) is 7.00. The SMILES string of the molecule is O=C(N/N=C/c1c(Cl)cccc1Cl)c1ccccc1C(F)(F)F. The number of amides is 1. The smallest absolute Gasteiger partial charge is 0.267 e. The summed E-state index contributed by atoms with van der Waals surface area (Å²) in [5.74, 6) is -0.989. The highest BCUT2D eigenvalue weighted by atomic mass is 35.5. The summed E-state index contributed by atoms with van der Waals surface area (Å²) in [6, 6.07) is 9.18. The number of alkyl halides is 3. The molecule has 0 heterocycles. The standard InChI is InChI=1S/C15H9Cl2F3N2O/c16-12-6-3-7-13(17)10(12)8-21-22-14(23)9-4-1-2-5-11(9)15(18,19)20/h1-8H,(H,22,23)/b21-8+. The number of carbonyl (C=O) groups excluding carboxylic acids is 1.